The minimum Gasteiger partial charge on any atom is -0.495 e. The molecule has 2 aromatic carbocycles. The molecule has 1 saturated heterocycles. The molecule has 12 nitrogen and oxygen atoms in total. The topological polar surface area (TPSA) is 138 Å². The third kappa shape index (κ3) is 4.79. The molecule has 3 aromatic rings. The van der Waals surface area contributed by atoms with Gasteiger partial charge in [0.2, 0.25) is 15.9 Å². The summed E-state index contributed by atoms with van der Waals surface area (Å²) in [6, 6.07) is 12.9. The second-order valence-electron chi connectivity index (χ2n) is 7.09. The van der Waals surface area contributed by atoms with Crippen molar-refractivity contribution < 1.29 is 22.7 Å². The summed E-state index contributed by atoms with van der Waals surface area (Å²) in [5, 5.41) is 10.1. The molecular weight excluding hydrogens is 452 g/mol. The number of hydrogen-bond donors (Lipinski definition) is 1. The van der Waals surface area contributed by atoms with E-state index in [1.807, 2.05) is 0 Å². The number of anilines is 1. The molecule has 174 valence electrons. The van der Waals surface area contributed by atoms with E-state index in [2.05, 4.69) is 15.7 Å². The van der Waals surface area contributed by atoms with E-state index in [9.17, 15) is 18.0 Å². The van der Waals surface area contributed by atoms with E-state index in [1.54, 1.807) is 30.3 Å². The van der Waals surface area contributed by atoms with E-state index in [0.29, 0.717) is 18.9 Å². The Balaban J connectivity index is 1.54. The van der Waals surface area contributed by atoms with Crippen LogP contribution in [0.2, 0.25) is 0 Å². The van der Waals surface area contributed by atoms with Gasteiger partial charge >= 0.3 is 5.69 Å². The zero-order chi connectivity index (χ0) is 23.4. The van der Waals surface area contributed by atoms with Crippen molar-refractivity contribution in [1.82, 2.24) is 24.1 Å². The lowest BCUT2D eigenvalue weighted by molar-refractivity contribution is -0.117. The molecule has 1 amide bonds. The van der Waals surface area contributed by atoms with Crippen LogP contribution in [0, 0.1) is 0 Å². The van der Waals surface area contributed by atoms with Crippen LogP contribution in [0.25, 0.3) is 5.69 Å². The van der Waals surface area contributed by atoms with Gasteiger partial charge in [-0.25, -0.2) is 13.2 Å². The highest BCUT2D eigenvalue weighted by Gasteiger charge is 2.27. The van der Waals surface area contributed by atoms with Crippen molar-refractivity contribution >= 4 is 21.6 Å². The lowest BCUT2D eigenvalue weighted by Gasteiger charge is -2.26. The summed E-state index contributed by atoms with van der Waals surface area (Å²) in [7, 11) is -2.37. The number of ether oxygens (including phenoxy) is 2. The van der Waals surface area contributed by atoms with Gasteiger partial charge in [-0.1, -0.05) is 18.2 Å². The van der Waals surface area contributed by atoms with Crippen molar-refractivity contribution in [3.05, 3.63) is 59.0 Å². The van der Waals surface area contributed by atoms with Crippen molar-refractivity contribution in [1.29, 1.82) is 0 Å². The first kappa shape index (κ1) is 22.6. The monoisotopic (exact) mass is 474 g/mol. The first-order valence-corrected chi connectivity index (χ1v) is 11.5. The van der Waals surface area contributed by atoms with Crippen molar-refractivity contribution in [2.24, 2.45) is 0 Å². The number of morpholine rings is 1. The van der Waals surface area contributed by atoms with Gasteiger partial charge in [0.15, 0.2) is 0 Å². The summed E-state index contributed by atoms with van der Waals surface area (Å²) in [6.07, 6.45) is 0. The Morgan fingerprint density at radius 3 is 2.55 bits per heavy atom. The molecule has 1 fully saturated rings. The van der Waals surface area contributed by atoms with E-state index in [4.69, 9.17) is 9.47 Å². The minimum absolute atomic E-state index is 0.00712. The number of nitrogens with one attached hydrogen (secondary N) is 1. The predicted octanol–water partition coefficient (Wildman–Crippen LogP) is 0.0972. The van der Waals surface area contributed by atoms with E-state index >= 15 is 0 Å². The standard InChI is InChI=1S/C20H22N6O6S/c1-31-18-8-7-16(33(29,30)24-9-11-32-12-10-24)13-17(18)21-19(27)14-25-20(28)26(23-22-25)15-5-3-2-4-6-15/h2-8,13H,9-12,14H2,1H3,(H,21,27). The average Bonchev–Trinajstić information content (AvgIpc) is 3.19. The molecule has 0 bridgehead atoms. The Labute approximate surface area is 189 Å². The summed E-state index contributed by atoms with van der Waals surface area (Å²) < 4.78 is 39.7. The van der Waals surface area contributed by atoms with Gasteiger partial charge in [-0.3, -0.25) is 4.79 Å². The molecule has 4 rings (SSSR count). The number of carbonyl (C=O) groups is 1. The predicted molar refractivity (Wildman–Crippen MR) is 117 cm³/mol. The van der Waals surface area contributed by atoms with Crippen LogP contribution < -0.4 is 15.7 Å². The number of benzene rings is 2. The van der Waals surface area contributed by atoms with Gasteiger partial charge in [0, 0.05) is 13.1 Å². The van der Waals surface area contributed by atoms with Gasteiger partial charge in [-0.15, -0.1) is 0 Å². The second-order valence-corrected chi connectivity index (χ2v) is 9.03. The third-order valence-corrected chi connectivity index (χ3v) is 6.88. The molecule has 0 unspecified atom stereocenters. The van der Waals surface area contributed by atoms with Gasteiger partial charge in [0.25, 0.3) is 0 Å². The Morgan fingerprint density at radius 1 is 1.12 bits per heavy atom. The number of para-hydroxylation sites is 1. The number of hydrogen-bond acceptors (Lipinski definition) is 8. The Hall–Kier alpha value is -3.55. The highest BCUT2D eigenvalue weighted by molar-refractivity contribution is 7.89. The number of aromatic nitrogens is 4. The normalized spacial score (nSPS) is 14.7. The lowest BCUT2D eigenvalue weighted by Crippen LogP contribution is -2.40. The van der Waals surface area contributed by atoms with E-state index in [1.165, 1.54) is 29.6 Å². The fourth-order valence-corrected chi connectivity index (χ4v) is 4.75. The maximum Gasteiger partial charge on any atom is 0.368 e. The van der Waals surface area contributed by atoms with Crippen LogP contribution in [-0.4, -0.2) is 71.8 Å². The quantitative estimate of drug-likeness (QED) is 0.509. The molecule has 1 N–H and O–H groups in total. The van der Waals surface area contributed by atoms with Gasteiger partial charge in [-0.05, 0) is 40.8 Å². The molecule has 1 aliphatic heterocycles. The van der Waals surface area contributed by atoms with Crippen molar-refractivity contribution in [3.8, 4) is 11.4 Å². The summed E-state index contributed by atoms with van der Waals surface area (Å²) in [4.78, 5) is 25.2. The Kier molecular flexibility index (Phi) is 6.53. The van der Waals surface area contributed by atoms with E-state index in [-0.39, 0.29) is 29.4 Å². The van der Waals surface area contributed by atoms with Crippen molar-refractivity contribution in [2.75, 3.05) is 38.7 Å². The molecule has 0 aliphatic carbocycles. The summed E-state index contributed by atoms with van der Waals surface area (Å²) >= 11 is 0. The minimum atomic E-state index is -3.77. The highest BCUT2D eigenvalue weighted by atomic mass is 32.2. The summed E-state index contributed by atoms with van der Waals surface area (Å²) in [6.45, 7) is 0.705. The maximum absolute atomic E-state index is 12.9. The molecule has 13 heteroatoms. The van der Waals surface area contributed by atoms with Crippen LogP contribution in [0.4, 0.5) is 5.69 Å². The number of carbonyl (C=O) groups excluding carboxylic acids is 1. The highest BCUT2D eigenvalue weighted by Crippen LogP contribution is 2.29. The van der Waals surface area contributed by atoms with Crippen LogP contribution in [0.3, 0.4) is 0 Å². The van der Waals surface area contributed by atoms with Gasteiger partial charge < -0.3 is 14.8 Å². The Morgan fingerprint density at radius 2 is 1.85 bits per heavy atom. The molecule has 0 radical (unpaired) electrons. The molecule has 0 atom stereocenters. The fraction of sp³-hybridized carbons (Fsp3) is 0.300. The smallest absolute Gasteiger partial charge is 0.368 e. The summed E-state index contributed by atoms with van der Waals surface area (Å²) in [5.74, 6) is -0.332. The van der Waals surface area contributed by atoms with Crippen LogP contribution in [0.1, 0.15) is 0 Å². The zero-order valence-corrected chi connectivity index (χ0v) is 18.6. The van der Waals surface area contributed by atoms with E-state index < -0.39 is 28.2 Å². The third-order valence-electron chi connectivity index (χ3n) is 4.99. The number of sulfonamides is 1. The maximum atomic E-state index is 12.9. The molecule has 0 spiro atoms. The number of nitrogens with zero attached hydrogens (tertiary/aromatic N) is 5. The molecule has 0 saturated carbocycles. The fourth-order valence-electron chi connectivity index (χ4n) is 3.31. The first-order chi connectivity index (χ1) is 15.9. The van der Waals surface area contributed by atoms with Crippen molar-refractivity contribution in [3.63, 3.8) is 0 Å². The Bertz CT molecular complexity index is 1300. The number of tetrazole rings is 1. The van der Waals surface area contributed by atoms with Crippen LogP contribution in [-0.2, 0) is 26.1 Å². The van der Waals surface area contributed by atoms with Gasteiger partial charge in [0.05, 0.1) is 36.6 Å². The zero-order valence-electron chi connectivity index (χ0n) is 17.7. The van der Waals surface area contributed by atoms with Gasteiger partial charge in [0.1, 0.15) is 12.3 Å². The van der Waals surface area contributed by atoms with E-state index in [0.717, 1.165) is 9.36 Å². The number of amides is 1. The number of methoxy groups -OCH3 is 1. The largest absolute Gasteiger partial charge is 0.495 e. The van der Waals surface area contributed by atoms with Crippen LogP contribution in [0.15, 0.2) is 58.2 Å². The first-order valence-electron chi connectivity index (χ1n) is 10.0. The average molecular weight is 474 g/mol. The number of rotatable bonds is 7. The SMILES string of the molecule is COc1ccc(S(=O)(=O)N2CCOCC2)cc1NC(=O)Cn1nnn(-c2ccccc2)c1=O. The second kappa shape index (κ2) is 9.52. The van der Waals surface area contributed by atoms with Crippen molar-refractivity contribution in [2.45, 2.75) is 11.4 Å². The van der Waals surface area contributed by atoms with Gasteiger partial charge in [-0.2, -0.15) is 13.7 Å². The lowest BCUT2D eigenvalue weighted by atomic mass is 10.3. The van der Waals surface area contributed by atoms with Crippen LogP contribution in [0.5, 0.6) is 5.75 Å². The summed E-state index contributed by atoms with van der Waals surface area (Å²) in [5.41, 5.74) is 0.0733. The molecule has 1 aromatic heterocycles. The molecule has 2 heterocycles. The molecule has 33 heavy (non-hydrogen) atoms. The van der Waals surface area contributed by atoms with Crippen LogP contribution >= 0.6 is 0 Å². The molecule has 1 aliphatic rings. The molecular formula is C20H22N6O6S.